The molecule has 88 valence electrons. The Morgan fingerprint density at radius 3 is 2.50 bits per heavy atom. The number of nitrogens with one attached hydrogen (secondary N) is 1. The second kappa shape index (κ2) is 5.41. The topological polar surface area (TPSA) is 32.3 Å². The van der Waals surface area contributed by atoms with Crippen LogP contribution in [0.25, 0.3) is 0 Å². The van der Waals surface area contributed by atoms with Gasteiger partial charge in [-0.15, -0.1) is 11.8 Å². The molecule has 2 rings (SSSR count). The van der Waals surface area contributed by atoms with E-state index in [-0.39, 0.29) is 0 Å². The van der Waals surface area contributed by atoms with Crippen molar-refractivity contribution in [2.45, 2.75) is 23.3 Å². The fourth-order valence-corrected chi connectivity index (χ4v) is 2.96. The monoisotopic (exact) mass is 257 g/mol. The van der Waals surface area contributed by atoms with E-state index in [1.54, 1.807) is 11.8 Å². The van der Waals surface area contributed by atoms with Gasteiger partial charge in [0.25, 0.3) is 0 Å². The van der Waals surface area contributed by atoms with Gasteiger partial charge in [0, 0.05) is 15.7 Å². The summed E-state index contributed by atoms with van der Waals surface area (Å²) in [6, 6.07) is 7.77. The van der Waals surface area contributed by atoms with E-state index < -0.39 is 5.60 Å². The summed E-state index contributed by atoms with van der Waals surface area (Å²) >= 11 is 7.52. The maximum Gasteiger partial charge on any atom is 0.0765 e. The summed E-state index contributed by atoms with van der Waals surface area (Å²) in [5.41, 5.74) is -0.504. The Hall–Kier alpha value is -0.220. The summed E-state index contributed by atoms with van der Waals surface area (Å²) in [7, 11) is 0. The van der Waals surface area contributed by atoms with E-state index in [0.29, 0.717) is 0 Å². The lowest BCUT2D eigenvalue weighted by molar-refractivity contribution is 0.0339. The molecule has 1 saturated heterocycles. The number of thioether (sulfide) groups is 1. The van der Waals surface area contributed by atoms with Crippen LogP contribution >= 0.6 is 23.4 Å². The summed E-state index contributed by atoms with van der Waals surface area (Å²) in [4.78, 5) is 1.16. The van der Waals surface area contributed by atoms with Gasteiger partial charge in [0.2, 0.25) is 0 Å². The van der Waals surface area contributed by atoms with Crippen LogP contribution in [0.2, 0.25) is 5.02 Å². The maximum atomic E-state index is 10.3. The molecule has 1 aliphatic rings. The SMILES string of the molecule is OC1(CSc2ccc(Cl)cc2)CCNCC1. The van der Waals surface area contributed by atoms with Crippen LogP contribution in [0, 0.1) is 0 Å². The highest BCUT2D eigenvalue weighted by molar-refractivity contribution is 7.99. The number of hydrogen-bond acceptors (Lipinski definition) is 3. The molecule has 1 aromatic rings. The van der Waals surface area contributed by atoms with Crippen molar-refractivity contribution in [3.63, 3.8) is 0 Å². The molecule has 0 aliphatic carbocycles. The molecule has 1 heterocycles. The lowest BCUT2D eigenvalue weighted by Gasteiger charge is -2.32. The lowest BCUT2D eigenvalue weighted by atomic mass is 9.95. The third-order valence-electron chi connectivity index (χ3n) is 2.86. The second-order valence-electron chi connectivity index (χ2n) is 4.22. The third kappa shape index (κ3) is 3.39. The third-order valence-corrected chi connectivity index (χ3v) is 4.39. The number of rotatable bonds is 3. The fourth-order valence-electron chi connectivity index (χ4n) is 1.78. The van der Waals surface area contributed by atoms with E-state index in [1.807, 2.05) is 24.3 Å². The smallest absolute Gasteiger partial charge is 0.0765 e. The normalized spacial score (nSPS) is 19.6. The molecule has 0 amide bonds. The second-order valence-corrected chi connectivity index (χ2v) is 5.70. The van der Waals surface area contributed by atoms with Crippen LogP contribution in [0.15, 0.2) is 29.2 Å². The number of hydrogen-bond donors (Lipinski definition) is 2. The molecule has 16 heavy (non-hydrogen) atoms. The molecular formula is C12H16ClNOS. The minimum Gasteiger partial charge on any atom is -0.389 e. The Balaban J connectivity index is 1.88. The van der Waals surface area contributed by atoms with Crippen LogP contribution in [-0.4, -0.2) is 29.5 Å². The van der Waals surface area contributed by atoms with Gasteiger partial charge in [0.15, 0.2) is 0 Å². The predicted molar refractivity (Wildman–Crippen MR) is 69.2 cm³/mol. The Bertz CT molecular complexity index is 335. The Kier molecular flexibility index (Phi) is 4.14. The van der Waals surface area contributed by atoms with E-state index >= 15 is 0 Å². The van der Waals surface area contributed by atoms with E-state index in [0.717, 1.165) is 41.6 Å². The van der Waals surface area contributed by atoms with Gasteiger partial charge in [-0.1, -0.05) is 11.6 Å². The average molecular weight is 258 g/mol. The van der Waals surface area contributed by atoms with Crippen molar-refractivity contribution in [2.75, 3.05) is 18.8 Å². The molecular weight excluding hydrogens is 242 g/mol. The summed E-state index contributed by atoms with van der Waals surface area (Å²) in [6.45, 7) is 1.83. The number of aliphatic hydroxyl groups is 1. The van der Waals surface area contributed by atoms with Crippen LogP contribution in [0.5, 0.6) is 0 Å². The van der Waals surface area contributed by atoms with Crippen molar-refractivity contribution in [2.24, 2.45) is 0 Å². The summed E-state index contributed by atoms with van der Waals surface area (Å²) in [5, 5.41) is 14.3. The minimum atomic E-state index is -0.504. The quantitative estimate of drug-likeness (QED) is 0.817. The van der Waals surface area contributed by atoms with E-state index in [1.165, 1.54) is 0 Å². The van der Waals surface area contributed by atoms with Crippen molar-refractivity contribution >= 4 is 23.4 Å². The van der Waals surface area contributed by atoms with Gasteiger partial charge in [-0.25, -0.2) is 0 Å². The minimum absolute atomic E-state index is 0.504. The average Bonchev–Trinajstić information content (AvgIpc) is 2.29. The molecule has 0 unspecified atom stereocenters. The Morgan fingerprint density at radius 1 is 1.25 bits per heavy atom. The molecule has 0 saturated carbocycles. The molecule has 0 aromatic heterocycles. The molecule has 1 aromatic carbocycles. The zero-order valence-corrected chi connectivity index (χ0v) is 10.7. The predicted octanol–water partition coefficient (Wildman–Crippen LogP) is 2.55. The molecule has 0 atom stereocenters. The highest BCUT2D eigenvalue weighted by Crippen LogP contribution is 2.28. The van der Waals surface area contributed by atoms with Crippen LogP contribution in [-0.2, 0) is 0 Å². The molecule has 2 nitrogen and oxygen atoms in total. The summed E-state index contributed by atoms with van der Waals surface area (Å²) < 4.78 is 0. The first-order chi connectivity index (χ1) is 7.68. The zero-order chi connectivity index (χ0) is 11.4. The first-order valence-corrected chi connectivity index (χ1v) is 6.86. The highest BCUT2D eigenvalue weighted by atomic mass is 35.5. The van der Waals surface area contributed by atoms with Crippen molar-refractivity contribution < 1.29 is 5.11 Å². The van der Waals surface area contributed by atoms with Gasteiger partial charge < -0.3 is 10.4 Å². The molecule has 1 fully saturated rings. The maximum absolute atomic E-state index is 10.3. The summed E-state index contributed by atoms with van der Waals surface area (Å²) in [5.74, 6) is 0.760. The van der Waals surface area contributed by atoms with Crippen molar-refractivity contribution in [1.29, 1.82) is 0 Å². The number of piperidine rings is 1. The van der Waals surface area contributed by atoms with E-state index in [2.05, 4.69) is 5.32 Å². The van der Waals surface area contributed by atoms with Gasteiger partial charge in [0.1, 0.15) is 0 Å². The van der Waals surface area contributed by atoms with Gasteiger partial charge in [-0.2, -0.15) is 0 Å². The molecule has 1 aliphatic heterocycles. The van der Waals surface area contributed by atoms with Gasteiger partial charge in [-0.3, -0.25) is 0 Å². The molecule has 4 heteroatoms. The van der Waals surface area contributed by atoms with Gasteiger partial charge in [-0.05, 0) is 50.2 Å². The first kappa shape index (κ1) is 12.2. The molecule has 0 bridgehead atoms. The van der Waals surface area contributed by atoms with Crippen molar-refractivity contribution in [3.05, 3.63) is 29.3 Å². The highest BCUT2D eigenvalue weighted by Gasteiger charge is 2.28. The van der Waals surface area contributed by atoms with Crippen LogP contribution in [0.4, 0.5) is 0 Å². The largest absolute Gasteiger partial charge is 0.389 e. The lowest BCUT2D eigenvalue weighted by Crippen LogP contribution is -2.43. The van der Waals surface area contributed by atoms with E-state index in [9.17, 15) is 5.11 Å². The molecule has 0 spiro atoms. The zero-order valence-electron chi connectivity index (χ0n) is 9.08. The Morgan fingerprint density at radius 2 is 1.88 bits per heavy atom. The van der Waals surface area contributed by atoms with Crippen molar-refractivity contribution in [3.8, 4) is 0 Å². The summed E-state index contributed by atoms with van der Waals surface area (Å²) in [6.07, 6.45) is 1.68. The number of halogens is 1. The fraction of sp³-hybridized carbons (Fsp3) is 0.500. The van der Waals surface area contributed by atoms with E-state index in [4.69, 9.17) is 11.6 Å². The molecule has 0 radical (unpaired) electrons. The molecule has 2 N–H and O–H groups in total. The first-order valence-electron chi connectivity index (χ1n) is 5.49. The van der Waals surface area contributed by atoms with Gasteiger partial charge >= 0.3 is 0 Å². The van der Waals surface area contributed by atoms with Crippen LogP contribution in [0.1, 0.15) is 12.8 Å². The Labute approximate surface area is 105 Å². The number of benzene rings is 1. The van der Waals surface area contributed by atoms with Crippen LogP contribution < -0.4 is 5.32 Å². The van der Waals surface area contributed by atoms with Crippen LogP contribution in [0.3, 0.4) is 0 Å². The standard InChI is InChI=1S/C12H16ClNOS/c13-10-1-3-11(4-2-10)16-9-12(15)5-7-14-8-6-12/h1-4,14-15H,5-9H2. The van der Waals surface area contributed by atoms with Gasteiger partial charge in [0.05, 0.1) is 5.60 Å². The van der Waals surface area contributed by atoms with Crippen molar-refractivity contribution in [1.82, 2.24) is 5.32 Å².